The number of rotatable bonds is 4. The Labute approximate surface area is 102 Å². The van der Waals surface area contributed by atoms with Gasteiger partial charge in [0.05, 0.1) is 23.1 Å². The van der Waals surface area contributed by atoms with Gasteiger partial charge in [0.2, 0.25) is 5.91 Å². The minimum Gasteiger partial charge on any atom is -0.392 e. The van der Waals surface area contributed by atoms with Crippen LogP contribution in [0.3, 0.4) is 0 Å². The number of nitrogens with two attached hydrogens (primary N) is 1. The van der Waals surface area contributed by atoms with Crippen molar-refractivity contribution in [2.45, 2.75) is 38.8 Å². The van der Waals surface area contributed by atoms with Crippen LogP contribution in [-0.2, 0) is 9.53 Å². The van der Waals surface area contributed by atoms with E-state index in [1.54, 1.807) is 11.9 Å². The summed E-state index contributed by atoms with van der Waals surface area (Å²) in [6.45, 7) is 4.55. The molecule has 0 radical (unpaired) electrons. The van der Waals surface area contributed by atoms with Gasteiger partial charge in [0, 0.05) is 13.7 Å². The maximum Gasteiger partial charge on any atom is 0.228 e. The largest absolute Gasteiger partial charge is 0.392 e. The summed E-state index contributed by atoms with van der Waals surface area (Å²) in [4.78, 5) is 14.2. The number of likely N-dealkylation sites (N-methyl/N-ethyl adjacent to an activating group) is 1. The first kappa shape index (κ1) is 13.4. The fourth-order valence-electron chi connectivity index (χ4n) is 1.98. The lowest BCUT2D eigenvalue weighted by atomic mass is 9.97. The molecule has 0 aromatic rings. The van der Waals surface area contributed by atoms with Gasteiger partial charge < -0.3 is 15.4 Å². The molecule has 16 heavy (non-hydrogen) atoms. The molecule has 0 aliphatic carbocycles. The molecule has 1 saturated heterocycles. The van der Waals surface area contributed by atoms with Gasteiger partial charge in [-0.25, -0.2) is 0 Å². The zero-order valence-corrected chi connectivity index (χ0v) is 10.9. The third-order valence-electron chi connectivity index (χ3n) is 3.27. The van der Waals surface area contributed by atoms with E-state index in [2.05, 4.69) is 0 Å². The average molecular weight is 244 g/mol. The first-order chi connectivity index (χ1) is 7.49. The molecule has 1 amide bonds. The molecule has 1 fully saturated rings. The number of hydrogen-bond donors (Lipinski definition) is 1. The van der Waals surface area contributed by atoms with Crippen LogP contribution < -0.4 is 5.73 Å². The monoisotopic (exact) mass is 244 g/mol. The number of carbonyl (C=O) groups excluding carboxylic acids is 1. The highest BCUT2D eigenvalue weighted by Crippen LogP contribution is 2.25. The second-order valence-electron chi connectivity index (χ2n) is 4.24. The minimum absolute atomic E-state index is 0.0354. The van der Waals surface area contributed by atoms with Crippen LogP contribution in [0.4, 0.5) is 0 Å². The SMILES string of the molecule is CCC1OCCC1C(=O)N(C)C(C)C(N)=S. The quantitative estimate of drug-likeness (QED) is 0.748. The molecule has 4 nitrogen and oxygen atoms in total. The highest BCUT2D eigenvalue weighted by Gasteiger charge is 2.35. The van der Waals surface area contributed by atoms with Crippen molar-refractivity contribution in [3.8, 4) is 0 Å². The summed E-state index contributed by atoms with van der Waals surface area (Å²) in [5.41, 5.74) is 5.55. The predicted octanol–water partition coefficient (Wildman–Crippen LogP) is 0.934. The van der Waals surface area contributed by atoms with Crippen molar-refractivity contribution in [3.05, 3.63) is 0 Å². The lowest BCUT2D eigenvalue weighted by molar-refractivity contribution is -0.136. The fourth-order valence-corrected chi connectivity index (χ4v) is 2.13. The topological polar surface area (TPSA) is 55.6 Å². The smallest absolute Gasteiger partial charge is 0.228 e. The zero-order chi connectivity index (χ0) is 12.3. The molecule has 3 atom stereocenters. The number of carbonyl (C=O) groups is 1. The minimum atomic E-state index is -0.194. The molecule has 1 rings (SSSR count). The molecule has 0 bridgehead atoms. The molecule has 1 heterocycles. The second kappa shape index (κ2) is 5.59. The Kier molecular flexibility index (Phi) is 4.68. The lowest BCUT2D eigenvalue weighted by Crippen LogP contribution is -2.46. The lowest BCUT2D eigenvalue weighted by Gasteiger charge is -2.28. The van der Waals surface area contributed by atoms with E-state index in [0.29, 0.717) is 11.6 Å². The van der Waals surface area contributed by atoms with Crippen molar-refractivity contribution in [1.29, 1.82) is 0 Å². The van der Waals surface area contributed by atoms with Crippen molar-refractivity contribution < 1.29 is 9.53 Å². The van der Waals surface area contributed by atoms with Crippen molar-refractivity contribution >= 4 is 23.1 Å². The van der Waals surface area contributed by atoms with Crippen LogP contribution in [0.15, 0.2) is 0 Å². The molecule has 1 aliphatic heterocycles. The van der Waals surface area contributed by atoms with E-state index in [1.165, 1.54) is 0 Å². The van der Waals surface area contributed by atoms with Gasteiger partial charge in [0.15, 0.2) is 0 Å². The Balaban J connectivity index is 2.66. The summed E-state index contributed by atoms with van der Waals surface area (Å²) in [7, 11) is 1.75. The van der Waals surface area contributed by atoms with Gasteiger partial charge in [-0.15, -0.1) is 0 Å². The van der Waals surface area contributed by atoms with E-state index in [-0.39, 0.29) is 24.0 Å². The molecular formula is C11H20N2O2S. The van der Waals surface area contributed by atoms with Crippen LogP contribution >= 0.6 is 12.2 Å². The van der Waals surface area contributed by atoms with E-state index < -0.39 is 0 Å². The third kappa shape index (κ3) is 2.71. The molecule has 3 unspecified atom stereocenters. The fraction of sp³-hybridized carbons (Fsp3) is 0.818. The van der Waals surface area contributed by atoms with Crippen LogP contribution in [0, 0.1) is 5.92 Å². The maximum absolute atomic E-state index is 12.2. The molecule has 0 spiro atoms. The Bertz CT molecular complexity index is 283. The summed E-state index contributed by atoms with van der Waals surface area (Å²) in [5, 5.41) is 0. The van der Waals surface area contributed by atoms with E-state index in [9.17, 15) is 4.79 Å². The number of thiocarbonyl (C=S) groups is 1. The van der Waals surface area contributed by atoms with Crippen LogP contribution in [0.25, 0.3) is 0 Å². The van der Waals surface area contributed by atoms with Crippen molar-refractivity contribution in [2.75, 3.05) is 13.7 Å². The van der Waals surface area contributed by atoms with E-state index >= 15 is 0 Å². The maximum atomic E-state index is 12.2. The molecule has 5 heteroatoms. The van der Waals surface area contributed by atoms with Gasteiger partial charge in [-0.05, 0) is 19.8 Å². The highest BCUT2D eigenvalue weighted by molar-refractivity contribution is 7.80. The third-order valence-corrected chi connectivity index (χ3v) is 3.61. The summed E-state index contributed by atoms with van der Waals surface area (Å²) in [6, 6.07) is -0.194. The van der Waals surface area contributed by atoms with Crippen LogP contribution in [0.1, 0.15) is 26.7 Å². The molecule has 0 saturated carbocycles. The Morgan fingerprint density at radius 2 is 2.31 bits per heavy atom. The van der Waals surface area contributed by atoms with Gasteiger partial charge in [-0.2, -0.15) is 0 Å². The molecule has 0 aromatic heterocycles. The molecular weight excluding hydrogens is 224 g/mol. The summed E-state index contributed by atoms with van der Waals surface area (Å²) >= 11 is 4.90. The molecule has 1 aliphatic rings. The molecule has 92 valence electrons. The standard InChI is InChI=1S/C11H20N2O2S/c1-4-9-8(5-6-15-9)11(14)13(3)7(2)10(12)16/h7-9H,4-6H2,1-3H3,(H2,12,16). The van der Waals surface area contributed by atoms with Gasteiger partial charge in [-0.1, -0.05) is 19.1 Å². The van der Waals surface area contributed by atoms with Crippen molar-refractivity contribution in [1.82, 2.24) is 4.90 Å². The summed E-state index contributed by atoms with van der Waals surface area (Å²) < 4.78 is 5.51. The van der Waals surface area contributed by atoms with Gasteiger partial charge in [0.1, 0.15) is 0 Å². The molecule has 0 aromatic carbocycles. The number of amides is 1. The van der Waals surface area contributed by atoms with Gasteiger partial charge in [0.25, 0.3) is 0 Å². The first-order valence-electron chi connectivity index (χ1n) is 5.66. The summed E-state index contributed by atoms with van der Waals surface area (Å²) in [5.74, 6) is 0.0523. The summed E-state index contributed by atoms with van der Waals surface area (Å²) in [6.07, 6.45) is 1.71. The van der Waals surface area contributed by atoms with Gasteiger partial charge in [-0.3, -0.25) is 4.79 Å². The van der Waals surface area contributed by atoms with Crippen LogP contribution in [0.5, 0.6) is 0 Å². The average Bonchev–Trinajstić information content (AvgIpc) is 2.73. The van der Waals surface area contributed by atoms with Crippen LogP contribution in [0.2, 0.25) is 0 Å². The van der Waals surface area contributed by atoms with Crippen LogP contribution in [-0.4, -0.2) is 41.6 Å². The number of hydrogen-bond acceptors (Lipinski definition) is 3. The number of nitrogens with zero attached hydrogens (tertiary/aromatic N) is 1. The second-order valence-corrected chi connectivity index (χ2v) is 4.71. The van der Waals surface area contributed by atoms with Crippen molar-refractivity contribution in [3.63, 3.8) is 0 Å². The Hall–Kier alpha value is -0.680. The highest BCUT2D eigenvalue weighted by atomic mass is 32.1. The Morgan fingerprint density at radius 3 is 2.81 bits per heavy atom. The van der Waals surface area contributed by atoms with Gasteiger partial charge >= 0.3 is 0 Å². The molecule has 2 N–H and O–H groups in total. The normalized spacial score (nSPS) is 26.4. The Morgan fingerprint density at radius 1 is 1.69 bits per heavy atom. The zero-order valence-electron chi connectivity index (χ0n) is 10.1. The number of ether oxygens (including phenoxy) is 1. The van der Waals surface area contributed by atoms with E-state index in [4.69, 9.17) is 22.7 Å². The van der Waals surface area contributed by atoms with E-state index in [0.717, 1.165) is 12.8 Å². The predicted molar refractivity (Wildman–Crippen MR) is 67.2 cm³/mol. The first-order valence-corrected chi connectivity index (χ1v) is 6.07. The van der Waals surface area contributed by atoms with E-state index in [1.807, 2.05) is 13.8 Å². The van der Waals surface area contributed by atoms with Crippen molar-refractivity contribution in [2.24, 2.45) is 11.7 Å².